The molecule has 18 heavy (non-hydrogen) atoms. The summed E-state index contributed by atoms with van der Waals surface area (Å²) in [6, 6.07) is 8.49. The van der Waals surface area contributed by atoms with Crippen molar-refractivity contribution in [3.05, 3.63) is 35.4 Å². The van der Waals surface area contributed by atoms with Crippen LogP contribution in [0.2, 0.25) is 0 Å². The van der Waals surface area contributed by atoms with Crippen LogP contribution in [0, 0.1) is 12.8 Å². The molecule has 2 N–H and O–H groups in total. The average Bonchev–Trinajstić information content (AvgIpc) is 2.29. The van der Waals surface area contributed by atoms with Crippen LogP contribution in [0.5, 0.6) is 0 Å². The molecule has 1 rings (SSSR count). The first-order chi connectivity index (χ1) is 8.33. The van der Waals surface area contributed by atoms with Gasteiger partial charge in [-0.25, -0.2) is 0 Å². The Morgan fingerprint density at radius 1 is 1.33 bits per heavy atom. The standard InChI is InChI=1S/C15H23NO2/c1-11-5-7-13(8-6-11)15(3,4)10-16-9-12(2)14(17)18/h5-8,12,16H,9-10H2,1-4H3,(H,17,18). The van der Waals surface area contributed by atoms with Gasteiger partial charge in [-0.2, -0.15) is 0 Å². The molecule has 3 nitrogen and oxygen atoms in total. The zero-order valence-electron chi connectivity index (χ0n) is 11.7. The molecule has 100 valence electrons. The van der Waals surface area contributed by atoms with Crippen molar-refractivity contribution >= 4 is 5.97 Å². The maximum atomic E-state index is 10.7. The van der Waals surface area contributed by atoms with Crippen molar-refractivity contribution in [3.8, 4) is 0 Å². The van der Waals surface area contributed by atoms with E-state index in [9.17, 15) is 4.79 Å². The summed E-state index contributed by atoms with van der Waals surface area (Å²) in [5.74, 6) is -1.10. The van der Waals surface area contributed by atoms with Crippen molar-refractivity contribution in [3.63, 3.8) is 0 Å². The van der Waals surface area contributed by atoms with Gasteiger partial charge in [-0.3, -0.25) is 4.79 Å². The van der Waals surface area contributed by atoms with E-state index in [1.807, 2.05) is 0 Å². The van der Waals surface area contributed by atoms with Gasteiger partial charge in [0.2, 0.25) is 0 Å². The van der Waals surface area contributed by atoms with Crippen LogP contribution in [0.1, 0.15) is 31.9 Å². The molecule has 0 bridgehead atoms. The Hall–Kier alpha value is -1.35. The minimum Gasteiger partial charge on any atom is -0.481 e. The lowest BCUT2D eigenvalue weighted by molar-refractivity contribution is -0.140. The average molecular weight is 249 g/mol. The van der Waals surface area contributed by atoms with Gasteiger partial charge in [0.05, 0.1) is 5.92 Å². The third kappa shape index (κ3) is 4.15. The Morgan fingerprint density at radius 2 is 1.89 bits per heavy atom. The van der Waals surface area contributed by atoms with Gasteiger partial charge < -0.3 is 10.4 Å². The van der Waals surface area contributed by atoms with Crippen LogP contribution in [-0.4, -0.2) is 24.2 Å². The van der Waals surface area contributed by atoms with Crippen molar-refractivity contribution in [2.24, 2.45) is 5.92 Å². The van der Waals surface area contributed by atoms with Gasteiger partial charge >= 0.3 is 5.97 Å². The normalized spacial score (nSPS) is 13.3. The highest BCUT2D eigenvalue weighted by atomic mass is 16.4. The lowest BCUT2D eigenvalue weighted by Crippen LogP contribution is -2.36. The van der Waals surface area contributed by atoms with Crippen molar-refractivity contribution in [1.82, 2.24) is 5.32 Å². The molecule has 0 fully saturated rings. The smallest absolute Gasteiger partial charge is 0.307 e. The quantitative estimate of drug-likeness (QED) is 0.814. The van der Waals surface area contributed by atoms with Crippen LogP contribution in [0.25, 0.3) is 0 Å². The summed E-state index contributed by atoms with van der Waals surface area (Å²) >= 11 is 0. The number of hydrogen-bond acceptors (Lipinski definition) is 2. The topological polar surface area (TPSA) is 49.3 Å². The first-order valence-electron chi connectivity index (χ1n) is 6.33. The zero-order valence-corrected chi connectivity index (χ0v) is 11.7. The zero-order chi connectivity index (χ0) is 13.8. The molecule has 0 aliphatic heterocycles. The Bertz CT molecular complexity index is 395. The van der Waals surface area contributed by atoms with E-state index in [4.69, 9.17) is 5.11 Å². The van der Waals surface area contributed by atoms with Crippen LogP contribution in [0.4, 0.5) is 0 Å². The highest BCUT2D eigenvalue weighted by molar-refractivity contribution is 5.69. The summed E-state index contributed by atoms with van der Waals surface area (Å²) in [6.45, 7) is 9.39. The van der Waals surface area contributed by atoms with E-state index < -0.39 is 5.97 Å². The van der Waals surface area contributed by atoms with Gasteiger partial charge in [0, 0.05) is 18.5 Å². The number of aliphatic carboxylic acids is 1. The molecule has 0 aliphatic carbocycles. The fourth-order valence-corrected chi connectivity index (χ4v) is 1.80. The number of nitrogens with one attached hydrogen (secondary N) is 1. The van der Waals surface area contributed by atoms with Crippen molar-refractivity contribution in [1.29, 1.82) is 0 Å². The lowest BCUT2D eigenvalue weighted by atomic mass is 9.84. The molecule has 1 aromatic rings. The van der Waals surface area contributed by atoms with E-state index in [2.05, 4.69) is 50.4 Å². The molecule has 3 heteroatoms. The lowest BCUT2D eigenvalue weighted by Gasteiger charge is -2.26. The summed E-state index contributed by atoms with van der Waals surface area (Å²) in [6.07, 6.45) is 0. The highest BCUT2D eigenvalue weighted by Gasteiger charge is 2.20. The molecule has 0 saturated heterocycles. The van der Waals surface area contributed by atoms with E-state index in [0.717, 1.165) is 6.54 Å². The van der Waals surface area contributed by atoms with Crippen LogP contribution in [-0.2, 0) is 10.2 Å². The first kappa shape index (κ1) is 14.7. The minimum absolute atomic E-state index is 0.00588. The number of carbonyl (C=O) groups is 1. The number of rotatable bonds is 6. The Morgan fingerprint density at radius 3 is 2.39 bits per heavy atom. The molecule has 0 spiro atoms. The van der Waals surface area contributed by atoms with Crippen molar-refractivity contribution in [2.45, 2.75) is 33.1 Å². The predicted octanol–water partition coefficient (Wildman–Crippen LogP) is 2.58. The monoisotopic (exact) mass is 249 g/mol. The molecule has 1 aromatic carbocycles. The maximum Gasteiger partial charge on any atom is 0.307 e. The fourth-order valence-electron chi connectivity index (χ4n) is 1.80. The van der Waals surface area contributed by atoms with Gasteiger partial charge in [-0.05, 0) is 12.5 Å². The van der Waals surface area contributed by atoms with Crippen LogP contribution in [0.3, 0.4) is 0 Å². The number of hydrogen-bond donors (Lipinski definition) is 2. The molecule has 0 aliphatic rings. The number of carboxylic acids is 1. The van der Waals surface area contributed by atoms with Gasteiger partial charge in [-0.1, -0.05) is 50.6 Å². The van der Waals surface area contributed by atoms with Crippen molar-refractivity contribution in [2.75, 3.05) is 13.1 Å². The van der Waals surface area contributed by atoms with Gasteiger partial charge in [0.15, 0.2) is 0 Å². The summed E-state index contributed by atoms with van der Waals surface area (Å²) in [5.41, 5.74) is 2.52. The highest BCUT2D eigenvalue weighted by Crippen LogP contribution is 2.22. The predicted molar refractivity (Wildman–Crippen MR) is 73.9 cm³/mol. The molecule has 0 aromatic heterocycles. The molecule has 0 saturated carbocycles. The first-order valence-corrected chi connectivity index (χ1v) is 6.33. The van der Waals surface area contributed by atoms with E-state index in [-0.39, 0.29) is 11.3 Å². The number of benzene rings is 1. The van der Waals surface area contributed by atoms with Gasteiger partial charge in [-0.15, -0.1) is 0 Å². The molecular formula is C15H23NO2. The minimum atomic E-state index is -0.754. The SMILES string of the molecule is Cc1ccc(C(C)(C)CNCC(C)C(=O)O)cc1. The number of carboxylic acid groups (broad SMARTS) is 1. The van der Waals surface area contributed by atoms with E-state index in [1.54, 1.807) is 6.92 Å². The van der Waals surface area contributed by atoms with Gasteiger partial charge in [0.1, 0.15) is 0 Å². The van der Waals surface area contributed by atoms with Gasteiger partial charge in [0.25, 0.3) is 0 Å². The van der Waals surface area contributed by atoms with E-state index in [1.165, 1.54) is 11.1 Å². The Labute approximate surface area is 109 Å². The Balaban J connectivity index is 2.54. The van der Waals surface area contributed by atoms with Crippen molar-refractivity contribution < 1.29 is 9.90 Å². The molecular weight excluding hydrogens is 226 g/mol. The summed E-state index contributed by atoms with van der Waals surface area (Å²) in [7, 11) is 0. The van der Waals surface area contributed by atoms with Crippen LogP contribution in [0.15, 0.2) is 24.3 Å². The second-order valence-corrected chi connectivity index (χ2v) is 5.62. The third-order valence-corrected chi connectivity index (χ3v) is 3.27. The second kappa shape index (κ2) is 6.01. The maximum absolute atomic E-state index is 10.7. The molecule has 1 unspecified atom stereocenters. The van der Waals surface area contributed by atoms with Crippen LogP contribution >= 0.6 is 0 Å². The molecule has 0 radical (unpaired) electrons. The summed E-state index contributed by atoms with van der Waals surface area (Å²) < 4.78 is 0. The Kier molecular flexibility index (Phi) is 4.91. The third-order valence-electron chi connectivity index (χ3n) is 3.27. The summed E-state index contributed by atoms with van der Waals surface area (Å²) in [5, 5.41) is 12.1. The molecule has 1 atom stereocenters. The molecule has 0 heterocycles. The fraction of sp³-hybridized carbons (Fsp3) is 0.533. The van der Waals surface area contributed by atoms with E-state index >= 15 is 0 Å². The van der Waals surface area contributed by atoms with Crippen LogP contribution < -0.4 is 5.32 Å². The second-order valence-electron chi connectivity index (χ2n) is 5.62. The largest absolute Gasteiger partial charge is 0.481 e. The summed E-state index contributed by atoms with van der Waals surface area (Å²) in [4.78, 5) is 10.7. The molecule has 0 amide bonds. The van der Waals surface area contributed by atoms with E-state index in [0.29, 0.717) is 6.54 Å². The number of aryl methyl sites for hydroxylation is 1.